The maximum atomic E-state index is 10.8. The second-order valence-electron chi connectivity index (χ2n) is 3.82. The fraction of sp³-hybridized carbons (Fsp3) is 0.333. The molecule has 5 nitrogen and oxygen atoms in total. The number of nitro benzene ring substituents is 1. The first-order chi connectivity index (χ1) is 8.04. The minimum atomic E-state index is -0.443. The summed E-state index contributed by atoms with van der Waals surface area (Å²) in [6.07, 6.45) is 0. The monoisotopic (exact) mass is 236 g/mol. The van der Waals surface area contributed by atoms with E-state index in [9.17, 15) is 10.1 Å². The van der Waals surface area contributed by atoms with Gasteiger partial charge in [-0.15, -0.1) is 0 Å². The topological polar surface area (TPSA) is 64.4 Å². The first-order valence-corrected chi connectivity index (χ1v) is 5.21. The van der Waals surface area contributed by atoms with E-state index in [1.165, 1.54) is 13.2 Å². The fourth-order valence-corrected chi connectivity index (χ4v) is 1.41. The van der Waals surface area contributed by atoms with E-state index in [4.69, 9.17) is 4.74 Å². The van der Waals surface area contributed by atoms with E-state index < -0.39 is 4.92 Å². The first-order valence-electron chi connectivity index (χ1n) is 5.21. The number of nitrogens with zero attached hydrogens (tertiary/aromatic N) is 1. The molecule has 0 unspecified atom stereocenters. The van der Waals surface area contributed by atoms with Crippen molar-refractivity contribution < 1.29 is 9.66 Å². The van der Waals surface area contributed by atoms with Gasteiger partial charge in [-0.2, -0.15) is 0 Å². The molecule has 0 saturated carbocycles. The lowest BCUT2D eigenvalue weighted by Crippen LogP contribution is -2.15. The summed E-state index contributed by atoms with van der Waals surface area (Å²) >= 11 is 0. The Morgan fingerprint density at radius 2 is 2.29 bits per heavy atom. The molecule has 0 radical (unpaired) electrons. The number of benzene rings is 1. The van der Waals surface area contributed by atoms with Gasteiger partial charge in [0.1, 0.15) is 0 Å². The van der Waals surface area contributed by atoms with Crippen molar-refractivity contribution in [2.24, 2.45) is 0 Å². The second-order valence-corrected chi connectivity index (χ2v) is 3.82. The molecule has 0 amide bonds. The average Bonchev–Trinajstić information content (AvgIpc) is 2.28. The number of rotatable bonds is 6. The summed E-state index contributed by atoms with van der Waals surface area (Å²) in [5.74, 6) is 0.277. The molecule has 0 aliphatic carbocycles. The van der Waals surface area contributed by atoms with Crippen molar-refractivity contribution in [1.29, 1.82) is 0 Å². The average molecular weight is 236 g/mol. The summed E-state index contributed by atoms with van der Waals surface area (Å²) in [6.45, 7) is 6.95. The summed E-state index contributed by atoms with van der Waals surface area (Å²) in [5, 5.41) is 13.9. The van der Waals surface area contributed by atoms with Crippen molar-refractivity contribution in [3.05, 3.63) is 46.0 Å². The molecule has 0 heterocycles. The molecule has 0 aromatic heterocycles. The standard InChI is InChI=1S/C12H16N2O3/c1-9(2)7-13-8-10-4-5-12(17-3)11(6-10)14(15)16/h4-6,13H,1,7-8H2,2-3H3. The Labute approximate surface area is 100 Å². The van der Waals surface area contributed by atoms with Crippen LogP contribution in [-0.4, -0.2) is 18.6 Å². The molecule has 1 aromatic rings. The third kappa shape index (κ3) is 3.88. The molecule has 92 valence electrons. The summed E-state index contributed by atoms with van der Waals surface area (Å²) in [6, 6.07) is 4.93. The Balaban J connectivity index is 2.78. The van der Waals surface area contributed by atoms with Crippen molar-refractivity contribution in [3.63, 3.8) is 0 Å². The number of hydrogen-bond donors (Lipinski definition) is 1. The molecule has 1 rings (SSSR count). The van der Waals surface area contributed by atoms with Crippen LogP contribution in [0.25, 0.3) is 0 Å². The Bertz CT molecular complexity index is 430. The molecular weight excluding hydrogens is 220 g/mol. The maximum Gasteiger partial charge on any atom is 0.311 e. The lowest BCUT2D eigenvalue weighted by molar-refractivity contribution is -0.385. The minimum absolute atomic E-state index is 0.0119. The van der Waals surface area contributed by atoms with Crippen LogP contribution in [0.3, 0.4) is 0 Å². The van der Waals surface area contributed by atoms with E-state index in [1.54, 1.807) is 12.1 Å². The summed E-state index contributed by atoms with van der Waals surface area (Å²) in [4.78, 5) is 10.4. The highest BCUT2D eigenvalue weighted by molar-refractivity contribution is 5.48. The molecule has 0 aliphatic rings. The van der Waals surface area contributed by atoms with Gasteiger partial charge >= 0.3 is 5.69 Å². The third-order valence-corrected chi connectivity index (χ3v) is 2.20. The quantitative estimate of drug-likeness (QED) is 0.467. The van der Waals surface area contributed by atoms with E-state index in [0.29, 0.717) is 13.1 Å². The van der Waals surface area contributed by atoms with E-state index in [2.05, 4.69) is 11.9 Å². The van der Waals surface area contributed by atoms with Gasteiger partial charge in [-0.1, -0.05) is 18.2 Å². The molecule has 0 spiro atoms. The first kappa shape index (κ1) is 13.2. The second kappa shape index (κ2) is 6.00. The van der Waals surface area contributed by atoms with Crippen LogP contribution >= 0.6 is 0 Å². The Morgan fingerprint density at radius 3 is 2.82 bits per heavy atom. The van der Waals surface area contributed by atoms with Crippen LogP contribution in [0.2, 0.25) is 0 Å². The highest BCUT2D eigenvalue weighted by Gasteiger charge is 2.14. The van der Waals surface area contributed by atoms with Crippen LogP contribution in [0, 0.1) is 10.1 Å². The van der Waals surface area contributed by atoms with Crippen LogP contribution in [0.5, 0.6) is 5.75 Å². The van der Waals surface area contributed by atoms with Crippen molar-refractivity contribution in [2.45, 2.75) is 13.5 Å². The lowest BCUT2D eigenvalue weighted by Gasteiger charge is -2.06. The van der Waals surface area contributed by atoms with Gasteiger partial charge in [0.05, 0.1) is 12.0 Å². The van der Waals surface area contributed by atoms with Gasteiger partial charge in [-0.25, -0.2) is 0 Å². The van der Waals surface area contributed by atoms with Crippen LogP contribution in [-0.2, 0) is 6.54 Å². The molecule has 0 fully saturated rings. The molecule has 0 aliphatic heterocycles. The number of ether oxygens (including phenoxy) is 1. The van der Waals surface area contributed by atoms with Gasteiger partial charge in [-0.3, -0.25) is 10.1 Å². The zero-order valence-electron chi connectivity index (χ0n) is 10.0. The summed E-state index contributed by atoms with van der Waals surface area (Å²) in [5.41, 5.74) is 1.86. The molecule has 17 heavy (non-hydrogen) atoms. The van der Waals surface area contributed by atoms with Gasteiger partial charge in [-0.05, 0) is 18.6 Å². The van der Waals surface area contributed by atoms with Gasteiger partial charge < -0.3 is 10.1 Å². The van der Waals surface area contributed by atoms with Gasteiger partial charge in [0.2, 0.25) is 0 Å². The fourth-order valence-electron chi connectivity index (χ4n) is 1.41. The van der Waals surface area contributed by atoms with Crippen molar-refractivity contribution >= 4 is 5.69 Å². The predicted octanol–water partition coefficient (Wildman–Crippen LogP) is 2.27. The van der Waals surface area contributed by atoms with E-state index in [0.717, 1.165) is 11.1 Å². The highest BCUT2D eigenvalue weighted by Crippen LogP contribution is 2.27. The van der Waals surface area contributed by atoms with Crippen molar-refractivity contribution in [2.75, 3.05) is 13.7 Å². The maximum absolute atomic E-state index is 10.8. The zero-order chi connectivity index (χ0) is 12.8. The number of hydrogen-bond acceptors (Lipinski definition) is 4. The predicted molar refractivity (Wildman–Crippen MR) is 66.2 cm³/mol. The molecule has 5 heteroatoms. The van der Waals surface area contributed by atoms with Crippen LogP contribution in [0.1, 0.15) is 12.5 Å². The van der Waals surface area contributed by atoms with Crippen molar-refractivity contribution in [1.82, 2.24) is 5.32 Å². The third-order valence-electron chi connectivity index (χ3n) is 2.20. The van der Waals surface area contributed by atoms with E-state index in [-0.39, 0.29) is 11.4 Å². The molecule has 0 bridgehead atoms. The largest absolute Gasteiger partial charge is 0.490 e. The normalized spacial score (nSPS) is 10.0. The van der Waals surface area contributed by atoms with E-state index >= 15 is 0 Å². The zero-order valence-corrected chi connectivity index (χ0v) is 10.0. The van der Waals surface area contributed by atoms with Crippen LogP contribution < -0.4 is 10.1 Å². The van der Waals surface area contributed by atoms with Gasteiger partial charge in [0.25, 0.3) is 0 Å². The number of nitrogens with one attached hydrogen (secondary N) is 1. The van der Waals surface area contributed by atoms with Crippen LogP contribution in [0.4, 0.5) is 5.69 Å². The Hall–Kier alpha value is -1.88. The molecule has 0 saturated heterocycles. The van der Waals surface area contributed by atoms with Crippen LogP contribution in [0.15, 0.2) is 30.4 Å². The number of methoxy groups -OCH3 is 1. The smallest absolute Gasteiger partial charge is 0.311 e. The molecule has 1 N–H and O–H groups in total. The Morgan fingerprint density at radius 1 is 1.59 bits per heavy atom. The van der Waals surface area contributed by atoms with Gasteiger partial charge in [0, 0.05) is 19.2 Å². The van der Waals surface area contributed by atoms with Crippen molar-refractivity contribution in [3.8, 4) is 5.75 Å². The number of nitro groups is 1. The minimum Gasteiger partial charge on any atom is -0.490 e. The highest BCUT2D eigenvalue weighted by atomic mass is 16.6. The lowest BCUT2D eigenvalue weighted by atomic mass is 10.2. The van der Waals surface area contributed by atoms with E-state index in [1.807, 2.05) is 6.92 Å². The van der Waals surface area contributed by atoms with Gasteiger partial charge in [0.15, 0.2) is 5.75 Å². The Kier molecular flexibility index (Phi) is 4.66. The molecular formula is C12H16N2O3. The SMILES string of the molecule is C=C(C)CNCc1ccc(OC)c([N+](=O)[O-])c1. The summed E-state index contributed by atoms with van der Waals surface area (Å²) in [7, 11) is 1.42. The molecule has 0 atom stereocenters. The summed E-state index contributed by atoms with van der Waals surface area (Å²) < 4.78 is 4.93. The molecule has 1 aromatic carbocycles.